The van der Waals surface area contributed by atoms with Gasteiger partial charge in [-0.05, 0) is 87.8 Å². The Hall–Kier alpha value is -0.640. The number of nitriles is 1. The summed E-state index contributed by atoms with van der Waals surface area (Å²) in [5.41, 5.74) is 0. The van der Waals surface area contributed by atoms with Crippen LogP contribution in [0.5, 0.6) is 0 Å². The van der Waals surface area contributed by atoms with Gasteiger partial charge in [-0.15, -0.1) is 0 Å². The van der Waals surface area contributed by atoms with Crippen molar-refractivity contribution in [3.05, 3.63) is 0 Å². The van der Waals surface area contributed by atoms with E-state index in [0.29, 0.717) is 17.1 Å². The monoisotopic (exact) mass is 347 g/mol. The van der Waals surface area contributed by atoms with Crippen LogP contribution in [0.1, 0.15) is 78.1 Å². The maximum atomic E-state index is 9.57. The van der Waals surface area contributed by atoms with E-state index >= 15 is 0 Å². The first-order valence-electron chi connectivity index (χ1n) is 9.82. The van der Waals surface area contributed by atoms with Gasteiger partial charge in [0.05, 0.1) is 6.10 Å². The first-order chi connectivity index (χ1) is 11.6. The summed E-state index contributed by atoms with van der Waals surface area (Å²) in [4.78, 5) is 0. The van der Waals surface area contributed by atoms with Crippen molar-refractivity contribution in [2.24, 2.45) is 23.7 Å². The van der Waals surface area contributed by atoms with E-state index < -0.39 is 0 Å². The lowest BCUT2D eigenvalue weighted by molar-refractivity contribution is 0.119. The zero-order valence-electron chi connectivity index (χ0n) is 15.3. The van der Waals surface area contributed by atoms with Gasteiger partial charge in [0, 0.05) is 17.1 Å². The van der Waals surface area contributed by atoms with Gasteiger partial charge < -0.3 is 5.11 Å². The maximum absolute atomic E-state index is 9.57. The average Bonchev–Trinajstić information content (AvgIpc) is 2.60. The van der Waals surface area contributed by atoms with Crippen LogP contribution in [0.15, 0.2) is 0 Å². The summed E-state index contributed by atoms with van der Waals surface area (Å²) in [5.74, 6) is 9.85. The number of thioether (sulfide) groups is 1. The molecule has 0 spiro atoms. The number of hydrogen-bond donors (Lipinski definition) is 1. The van der Waals surface area contributed by atoms with E-state index in [2.05, 4.69) is 31.1 Å². The lowest BCUT2D eigenvalue weighted by Gasteiger charge is -2.31. The molecule has 1 N–H and O–H groups in total. The smallest absolute Gasteiger partial charge is 0.133 e. The molecule has 0 amide bonds. The van der Waals surface area contributed by atoms with Crippen LogP contribution in [0.3, 0.4) is 0 Å². The minimum absolute atomic E-state index is 0.0748. The maximum Gasteiger partial charge on any atom is 0.133 e. The molecule has 0 radical (unpaired) electrons. The summed E-state index contributed by atoms with van der Waals surface area (Å²) >= 11 is 1.41. The third-order valence-electron chi connectivity index (χ3n) is 6.05. The van der Waals surface area contributed by atoms with Crippen LogP contribution in [0.4, 0.5) is 0 Å². The predicted octanol–water partition coefficient (Wildman–Crippen LogP) is 5.37. The van der Waals surface area contributed by atoms with Gasteiger partial charge in [-0.2, -0.15) is 5.26 Å². The first kappa shape index (κ1) is 19.7. The highest BCUT2D eigenvalue weighted by atomic mass is 32.2. The van der Waals surface area contributed by atoms with E-state index in [1.54, 1.807) is 0 Å². The summed E-state index contributed by atoms with van der Waals surface area (Å²) in [5, 5.41) is 21.0. The highest BCUT2D eigenvalue weighted by Crippen LogP contribution is 2.36. The van der Waals surface area contributed by atoms with Crippen molar-refractivity contribution in [2.45, 2.75) is 89.4 Å². The number of aliphatic hydroxyl groups is 1. The Kier molecular flexibility index (Phi) is 8.51. The molecular formula is C21H33NOS. The molecule has 0 heterocycles. The number of hydrogen-bond acceptors (Lipinski definition) is 3. The van der Waals surface area contributed by atoms with Crippen molar-refractivity contribution in [1.29, 1.82) is 5.26 Å². The molecule has 2 fully saturated rings. The fourth-order valence-corrected chi connectivity index (χ4v) is 4.60. The number of rotatable bonds is 5. The molecule has 2 aliphatic rings. The van der Waals surface area contributed by atoms with Crippen LogP contribution < -0.4 is 0 Å². The predicted molar refractivity (Wildman–Crippen MR) is 102 cm³/mol. The van der Waals surface area contributed by atoms with Gasteiger partial charge in [0.2, 0.25) is 0 Å². The van der Waals surface area contributed by atoms with Crippen molar-refractivity contribution in [2.75, 3.05) is 0 Å². The Morgan fingerprint density at radius 1 is 0.917 bits per heavy atom. The van der Waals surface area contributed by atoms with Crippen molar-refractivity contribution in [3.63, 3.8) is 0 Å². The molecule has 2 unspecified atom stereocenters. The van der Waals surface area contributed by atoms with Crippen molar-refractivity contribution in [3.8, 4) is 17.2 Å². The van der Waals surface area contributed by atoms with E-state index in [1.165, 1.54) is 43.9 Å². The lowest BCUT2D eigenvalue weighted by Crippen LogP contribution is -2.20. The van der Waals surface area contributed by atoms with Crippen LogP contribution in [0.25, 0.3) is 0 Å². The van der Waals surface area contributed by atoms with Crippen molar-refractivity contribution < 1.29 is 5.11 Å². The van der Waals surface area contributed by atoms with Crippen molar-refractivity contribution in [1.82, 2.24) is 0 Å². The Labute approximate surface area is 152 Å². The zero-order valence-corrected chi connectivity index (χ0v) is 16.2. The van der Waals surface area contributed by atoms with Gasteiger partial charge >= 0.3 is 0 Å². The third kappa shape index (κ3) is 6.70. The minimum atomic E-state index is -0.0748. The third-order valence-corrected chi connectivity index (χ3v) is 6.79. The van der Waals surface area contributed by atoms with E-state index in [1.807, 2.05) is 0 Å². The molecule has 24 heavy (non-hydrogen) atoms. The van der Waals surface area contributed by atoms with Crippen molar-refractivity contribution >= 4 is 11.8 Å². The van der Waals surface area contributed by atoms with Crippen LogP contribution >= 0.6 is 11.8 Å². The second-order valence-corrected chi connectivity index (χ2v) is 9.20. The average molecular weight is 348 g/mol. The molecule has 0 saturated heterocycles. The van der Waals surface area contributed by atoms with Gasteiger partial charge in [0.1, 0.15) is 5.40 Å². The molecule has 0 aromatic carbocycles. The molecule has 0 aromatic heterocycles. The van der Waals surface area contributed by atoms with E-state index in [4.69, 9.17) is 5.26 Å². The normalized spacial score (nSPS) is 32.9. The molecule has 2 aliphatic carbocycles. The van der Waals surface area contributed by atoms with Crippen LogP contribution in [-0.2, 0) is 0 Å². The first-order valence-corrected chi connectivity index (χ1v) is 10.7. The van der Waals surface area contributed by atoms with Gasteiger partial charge in [-0.1, -0.05) is 25.7 Å². The highest BCUT2D eigenvalue weighted by molar-refractivity contribution is 8.04. The molecule has 0 aliphatic heterocycles. The largest absolute Gasteiger partial charge is 0.393 e. The fourth-order valence-electron chi connectivity index (χ4n) is 4.17. The van der Waals surface area contributed by atoms with Crippen LogP contribution in [0, 0.1) is 46.2 Å². The molecule has 2 rings (SSSR count). The van der Waals surface area contributed by atoms with Crippen LogP contribution in [0.2, 0.25) is 0 Å². The Balaban J connectivity index is 1.67. The van der Waals surface area contributed by atoms with E-state index in [9.17, 15) is 5.11 Å². The standard InChI is InChI=1S/C21H33NOS/c1-16(3-4-17(2)24-15-22)20-11-7-18(8-12-20)5-6-19-9-13-21(23)14-10-19/h16-21,23H,3-4,7-14H2,1-2H3. The quantitative estimate of drug-likeness (QED) is 0.537. The minimum Gasteiger partial charge on any atom is -0.393 e. The lowest BCUT2D eigenvalue weighted by atomic mass is 9.75. The summed E-state index contributed by atoms with van der Waals surface area (Å²) in [6.07, 6.45) is 11.5. The molecule has 134 valence electrons. The van der Waals surface area contributed by atoms with Crippen LogP contribution in [-0.4, -0.2) is 16.5 Å². The van der Waals surface area contributed by atoms with Gasteiger partial charge in [0.15, 0.2) is 0 Å². The zero-order chi connectivity index (χ0) is 17.4. The molecule has 2 nitrogen and oxygen atoms in total. The summed E-state index contributed by atoms with van der Waals surface area (Å²) in [6.45, 7) is 4.56. The summed E-state index contributed by atoms with van der Waals surface area (Å²) in [7, 11) is 0. The molecule has 2 saturated carbocycles. The molecule has 3 heteroatoms. The molecule has 0 aromatic rings. The number of thiocyanates is 1. The molecule has 0 bridgehead atoms. The van der Waals surface area contributed by atoms with Gasteiger partial charge in [-0.25, -0.2) is 0 Å². The Morgan fingerprint density at radius 3 is 2.00 bits per heavy atom. The summed E-state index contributed by atoms with van der Waals surface area (Å²) < 4.78 is 0. The second-order valence-electron chi connectivity index (χ2n) is 7.98. The Bertz CT molecular complexity index is 458. The molecular weight excluding hydrogens is 314 g/mol. The fraction of sp³-hybridized carbons (Fsp3) is 0.857. The number of aliphatic hydroxyl groups excluding tert-OH is 1. The second kappa shape index (κ2) is 10.4. The summed E-state index contributed by atoms with van der Waals surface area (Å²) in [6, 6.07) is 0. The van der Waals surface area contributed by atoms with E-state index in [-0.39, 0.29) is 6.10 Å². The SMILES string of the molecule is CC(CCC(C)C1CCC(C#CC2CCC(O)CC2)CC1)SC#N. The number of nitrogens with zero attached hydrogens (tertiary/aromatic N) is 1. The topological polar surface area (TPSA) is 44.0 Å². The Morgan fingerprint density at radius 2 is 1.46 bits per heavy atom. The highest BCUT2D eigenvalue weighted by Gasteiger charge is 2.25. The molecule has 2 atom stereocenters. The van der Waals surface area contributed by atoms with E-state index in [0.717, 1.165) is 43.9 Å². The van der Waals surface area contributed by atoms with Gasteiger partial charge in [0.25, 0.3) is 0 Å². The van der Waals surface area contributed by atoms with Gasteiger partial charge in [-0.3, -0.25) is 0 Å².